The lowest BCUT2D eigenvalue weighted by atomic mass is 10.0. The molecule has 0 fully saturated rings. The normalized spacial score (nSPS) is 14.5. The Labute approximate surface area is 80.2 Å². The van der Waals surface area contributed by atoms with E-state index in [2.05, 4.69) is 23.5 Å². The molecule has 13 heavy (non-hydrogen) atoms. The number of fused-ring (bicyclic) bond motifs is 1. The van der Waals surface area contributed by atoms with E-state index in [0.717, 1.165) is 6.54 Å². The molecule has 1 aliphatic carbocycles. The van der Waals surface area contributed by atoms with Crippen molar-refractivity contribution in [3.63, 3.8) is 0 Å². The smallest absolute Gasteiger partial charge is 0.00113 e. The number of aryl methyl sites for hydroxylation is 1. The van der Waals surface area contributed by atoms with Gasteiger partial charge in [-0.2, -0.15) is 0 Å². The first kappa shape index (κ1) is 8.76. The van der Waals surface area contributed by atoms with Crippen molar-refractivity contribution in [3.8, 4) is 0 Å². The zero-order valence-corrected chi connectivity index (χ0v) is 8.27. The lowest BCUT2D eigenvalue weighted by molar-refractivity contribution is 0.785. The Morgan fingerprint density at radius 1 is 1.31 bits per heavy atom. The summed E-state index contributed by atoms with van der Waals surface area (Å²) in [4.78, 5) is 0. The number of hydrogen-bond donors (Lipinski definition) is 1. The van der Waals surface area contributed by atoms with Gasteiger partial charge in [-0.15, -0.1) is 0 Å². The lowest BCUT2D eigenvalue weighted by Gasteiger charge is -2.07. The largest absolute Gasteiger partial charge is 0.319 e. The molecule has 0 radical (unpaired) electrons. The lowest BCUT2D eigenvalue weighted by Crippen LogP contribution is -2.11. The van der Waals surface area contributed by atoms with Crippen LogP contribution in [0.25, 0.3) is 0 Å². The molecule has 2 rings (SSSR count). The second-order valence-electron chi connectivity index (χ2n) is 3.76. The molecule has 1 aromatic rings. The van der Waals surface area contributed by atoms with Crippen molar-refractivity contribution in [2.75, 3.05) is 13.6 Å². The van der Waals surface area contributed by atoms with E-state index < -0.39 is 0 Å². The predicted octanol–water partition coefficient (Wildman–Crippen LogP) is 1.94. The van der Waals surface area contributed by atoms with Crippen molar-refractivity contribution in [1.82, 2.24) is 5.32 Å². The van der Waals surface area contributed by atoms with Crippen molar-refractivity contribution >= 4 is 0 Å². The molecule has 1 nitrogen and oxygen atoms in total. The Hall–Kier alpha value is -0.820. The van der Waals surface area contributed by atoms with E-state index in [1.54, 1.807) is 16.7 Å². The van der Waals surface area contributed by atoms with Gasteiger partial charge in [-0.25, -0.2) is 0 Å². The third-order valence-corrected chi connectivity index (χ3v) is 2.89. The van der Waals surface area contributed by atoms with E-state index in [1.807, 2.05) is 7.05 Å². The summed E-state index contributed by atoms with van der Waals surface area (Å²) in [5, 5.41) is 3.21. The molecular weight excluding hydrogens is 158 g/mol. The fourth-order valence-electron chi connectivity index (χ4n) is 2.19. The standard InChI is InChI=1S/C12H17N/c1-13-9-8-11-5-2-4-10-6-3-7-12(10)11/h2,4-5,13H,3,6-9H2,1H3. The third kappa shape index (κ3) is 1.75. The second-order valence-corrected chi connectivity index (χ2v) is 3.76. The zero-order chi connectivity index (χ0) is 9.10. The summed E-state index contributed by atoms with van der Waals surface area (Å²) in [6, 6.07) is 6.77. The fourth-order valence-corrected chi connectivity index (χ4v) is 2.19. The van der Waals surface area contributed by atoms with E-state index in [1.165, 1.54) is 25.7 Å². The van der Waals surface area contributed by atoms with E-state index in [9.17, 15) is 0 Å². The maximum Gasteiger partial charge on any atom is -0.00113 e. The SMILES string of the molecule is CNCCc1cccc2c1CCC2. The highest BCUT2D eigenvalue weighted by atomic mass is 14.8. The van der Waals surface area contributed by atoms with Crippen LogP contribution in [-0.2, 0) is 19.3 Å². The van der Waals surface area contributed by atoms with Crippen molar-refractivity contribution in [3.05, 3.63) is 34.9 Å². The highest BCUT2D eigenvalue weighted by Crippen LogP contribution is 2.25. The van der Waals surface area contributed by atoms with Gasteiger partial charge < -0.3 is 5.32 Å². The zero-order valence-electron chi connectivity index (χ0n) is 8.27. The van der Waals surface area contributed by atoms with Crippen LogP contribution in [0.4, 0.5) is 0 Å². The van der Waals surface area contributed by atoms with Gasteiger partial charge in [-0.05, 0) is 56.0 Å². The summed E-state index contributed by atoms with van der Waals surface area (Å²) in [5.41, 5.74) is 4.79. The number of hydrogen-bond acceptors (Lipinski definition) is 1. The first-order chi connectivity index (χ1) is 6.42. The van der Waals surface area contributed by atoms with Crippen molar-refractivity contribution in [1.29, 1.82) is 0 Å². The van der Waals surface area contributed by atoms with Gasteiger partial charge in [-0.3, -0.25) is 0 Å². The first-order valence-electron chi connectivity index (χ1n) is 5.16. The summed E-state index contributed by atoms with van der Waals surface area (Å²) in [6.07, 6.45) is 5.13. The van der Waals surface area contributed by atoms with Gasteiger partial charge in [0.1, 0.15) is 0 Å². The average Bonchev–Trinajstić information content (AvgIpc) is 2.62. The molecule has 0 unspecified atom stereocenters. The van der Waals surface area contributed by atoms with Crippen LogP contribution in [0.5, 0.6) is 0 Å². The molecule has 0 saturated heterocycles. The summed E-state index contributed by atoms with van der Waals surface area (Å²) < 4.78 is 0. The maximum atomic E-state index is 3.21. The topological polar surface area (TPSA) is 12.0 Å². The second kappa shape index (κ2) is 3.93. The van der Waals surface area contributed by atoms with Gasteiger partial charge in [0, 0.05) is 0 Å². The molecule has 70 valence electrons. The van der Waals surface area contributed by atoms with Gasteiger partial charge in [0.15, 0.2) is 0 Å². The van der Waals surface area contributed by atoms with E-state index in [-0.39, 0.29) is 0 Å². The summed E-state index contributed by atoms with van der Waals surface area (Å²) in [7, 11) is 2.02. The molecule has 1 heteroatoms. The quantitative estimate of drug-likeness (QED) is 0.740. The summed E-state index contributed by atoms with van der Waals surface area (Å²) >= 11 is 0. The van der Waals surface area contributed by atoms with Crippen molar-refractivity contribution in [2.45, 2.75) is 25.7 Å². The van der Waals surface area contributed by atoms with Crippen LogP contribution in [0.2, 0.25) is 0 Å². The van der Waals surface area contributed by atoms with Crippen LogP contribution < -0.4 is 5.32 Å². The predicted molar refractivity (Wildman–Crippen MR) is 56.1 cm³/mol. The van der Waals surface area contributed by atoms with Gasteiger partial charge in [-0.1, -0.05) is 18.2 Å². The van der Waals surface area contributed by atoms with Crippen LogP contribution in [0, 0.1) is 0 Å². The molecule has 0 amide bonds. The van der Waals surface area contributed by atoms with Crippen LogP contribution in [0.1, 0.15) is 23.1 Å². The van der Waals surface area contributed by atoms with E-state index in [4.69, 9.17) is 0 Å². The molecule has 1 aromatic carbocycles. The molecule has 0 bridgehead atoms. The van der Waals surface area contributed by atoms with Crippen LogP contribution >= 0.6 is 0 Å². The Morgan fingerprint density at radius 3 is 3.08 bits per heavy atom. The molecule has 1 aliphatic rings. The van der Waals surface area contributed by atoms with Gasteiger partial charge >= 0.3 is 0 Å². The molecule has 0 aliphatic heterocycles. The number of rotatable bonds is 3. The minimum Gasteiger partial charge on any atom is -0.319 e. The fraction of sp³-hybridized carbons (Fsp3) is 0.500. The minimum atomic E-state index is 1.09. The van der Waals surface area contributed by atoms with E-state index >= 15 is 0 Å². The van der Waals surface area contributed by atoms with Crippen molar-refractivity contribution in [2.24, 2.45) is 0 Å². The molecule has 1 N–H and O–H groups in total. The molecule has 0 saturated carbocycles. The van der Waals surface area contributed by atoms with Crippen LogP contribution in [0.3, 0.4) is 0 Å². The Balaban J connectivity index is 2.20. The molecule has 0 atom stereocenters. The van der Waals surface area contributed by atoms with Crippen LogP contribution in [0.15, 0.2) is 18.2 Å². The Kier molecular flexibility index (Phi) is 2.65. The van der Waals surface area contributed by atoms with Crippen molar-refractivity contribution < 1.29 is 0 Å². The summed E-state index contributed by atoms with van der Waals surface area (Å²) in [6.45, 7) is 1.09. The van der Waals surface area contributed by atoms with Gasteiger partial charge in [0.25, 0.3) is 0 Å². The molecule has 0 spiro atoms. The Bertz CT molecular complexity index is 291. The number of likely N-dealkylation sites (N-methyl/N-ethyl adjacent to an activating group) is 1. The van der Waals surface area contributed by atoms with Gasteiger partial charge in [0.05, 0.1) is 0 Å². The maximum absolute atomic E-state index is 3.21. The molecule has 0 aromatic heterocycles. The Morgan fingerprint density at radius 2 is 2.23 bits per heavy atom. The highest BCUT2D eigenvalue weighted by molar-refractivity contribution is 5.38. The molecule has 0 heterocycles. The average molecular weight is 175 g/mol. The highest BCUT2D eigenvalue weighted by Gasteiger charge is 2.13. The monoisotopic (exact) mass is 175 g/mol. The van der Waals surface area contributed by atoms with Gasteiger partial charge in [0.2, 0.25) is 0 Å². The van der Waals surface area contributed by atoms with E-state index in [0.29, 0.717) is 0 Å². The third-order valence-electron chi connectivity index (χ3n) is 2.89. The number of nitrogens with one attached hydrogen (secondary N) is 1. The van der Waals surface area contributed by atoms with Crippen LogP contribution in [-0.4, -0.2) is 13.6 Å². The summed E-state index contributed by atoms with van der Waals surface area (Å²) in [5.74, 6) is 0. The minimum absolute atomic E-state index is 1.09. The molecular formula is C12H17N. The first-order valence-corrected chi connectivity index (χ1v) is 5.16. The number of benzene rings is 1.